The van der Waals surface area contributed by atoms with Gasteiger partial charge in [-0.25, -0.2) is 4.79 Å². The molecule has 1 N–H and O–H groups in total. The molecule has 1 aliphatic rings. The average Bonchev–Trinajstić information content (AvgIpc) is 2.03. The molecular formula is C9H16O3. The lowest BCUT2D eigenvalue weighted by Crippen LogP contribution is -2.27. The second-order valence-corrected chi connectivity index (χ2v) is 3.50. The van der Waals surface area contributed by atoms with Crippen LogP contribution >= 0.6 is 0 Å². The smallest absolute Gasteiger partial charge is 0.329 e. The van der Waals surface area contributed by atoms with Crippen molar-refractivity contribution < 1.29 is 14.6 Å². The molecule has 0 bridgehead atoms. The third-order valence-corrected chi connectivity index (χ3v) is 2.45. The molecule has 1 rings (SSSR count). The van der Waals surface area contributed by atoms with Crippen molar-refractivity contribution in [3.05, 3.63) is 0 Å². The normalized spacial score (nSPS) is 30.1. The third-order valence-electron chi connectivity index (χ3n) is 2.45. The van der Waals surface area contributed by atoms with Crippen molar-refractivity contribution in [2.45, 2.75) is 38.7 Å². The lowest BCUT2D eigenvalue weighted by Gasteiger charge is -2.27. The summed E-state index contributed by atoms with van der Waals surface area (Å²) in [5.41, 5.74) is 0. The van der Waals surface area contributed by atoms with E-state index in [-0.39, 0.29) is 12.7 Å². The molecule has 70 valence electrons. The van der Waals surface area contributed by atoms with Gasteiger partial charge in [0.25, 0.3) is 0 Å². The van der Waals surface area contributed by atoms with E-state index in [9.17, 15) is 4.79 Å². The lowest BCUT2D eigenvalue weighted by atomic mass is 9.88. The molecule has 0 aromatic heterocycles. The van der Waals surface area contributed by atoms with Gasteiger partial charge in [-0.2, -0.15) is 0 Å². The van der Waals surface area contributed by atoms with Gasteiger partial charge in [0.2, 0.25) is 0 Å². The highest BCUT2D eigenvalue weighted by Gasteiger charge is 2.22. The number of aliphatic carboxylic acids is 1. The number of hydrogen-bond acceptors (Lipinski definition) is 2. The Labute approximate surface area is 72.7 Å². The zero-order valence-corrected chi connectivity index (χ0v) is 7.45. The fourth-order valence-electron chi connectivity index (χ4n) is 1.71. The van der Waals surface area contributed by atoms with Gasteiger partial charge >= 0.3 is 5.97 Å². The molecule has 0 aliphatic heterocycles. The molecule has 3 heteroatoms. The maximum Gasteiger partial charge on any atom is 0.329 e. The highest BCUT2D eigenvalue weighted by atomic mass is 16.5. The molecule has 0 amide bonds. The van der Waals surface area contributed by atoms with Crippen LogP contribution in [0.4, 0.5) is 0 Å². The number of carboxylic acid groups (broad SMARTS) is 1. The minimum absolute atomic E-state index is 0.144. The molecule has 0 radical (unpaired) electrons. The first-order valence-corrected chi connectivity index (χ1v) is 4.53. The van der Waals surface area contributed by atoms with E-state index in [1.165, 1.54) is 19.3 Å². The topological polar surface area (TPSA) is 46.5 Å². The van der Waals surface area contributed by atoms with Crippen LogP contribution in [0.15, 0.2) is 0 Å². The first kappa shape index (κ1) is 9.52. The maximum atomic E-state index is 10.2. The number of carbonyl (C=O) groups is 1. The van der Waals surface area contributed by atoms with E-state index in [2.05, 4.69) is 6.92 Å². The fourth-order valence-corrected chi connectivity index (χ4v) is 1.71. The molecule has 0 aromatic carbocycles. The van der Waals surface area contributed by atoms with Crippen LogP contribution in [0.2, 0.25) is 0 Å². The number of hydrogen-bond donors (Lipinski definition) is 1. The standard InChI is InChI=1S/C9H16O3/c1-7-4-2-3-5-8(7)12-6-9(10)11/h7-8H,2-6H2,1H3,(H,10,11)/t7-,8-/m1/s1. The molecule has 3 nitrogen and oxygen atoms in total. The summed E-state index contributed by atoms with van der Waals surface area (Å²) in [6, 6.07) is 0. The Morgan fingerprint density at radius 2 is 2.17 bits per heavy atom. The number of ether oxygens (including phenoxy) is 1. The molecule has 0 aromatic rings. The van der Waals surface area contributed by atoms with Crippen LogP contribution in [-0.2, 0) is 9.53 Å². The minimum atomic E-state index is -0.868. The van der Waals surface area contributed by atoms with E-state index < -0.39 is 5.97 Å². The van der Waals surface area contributed by atoms with Crippen LogP contribution in [0, 0.1) is 5.92 Å². The Bertz CT molecular complexity index is 156. The Balaban J connectivity index is 2.24. The quantitative estimate of drug-likeness (QED) is 0.704. The zero-order valence-electron chi connectivity index (χ0n) is 7.45. The summed E-state index contributed by atoms with van der Waals surface area (Å²) in [4.78, 5) is 10.2. The minimum Gasteiger partial charge on any atom is -0.480 e. The van der Waals surface area contributed by atoms with Crippen molar-refractivity contribution in [1.82, 2.24) is 0 Å². The molecular weight excluding hydrogens is 156 g/mol. The van der Waals surface area contributed by atoms with Gasteiger partial charge in [-0.1, -0.05) is 19.8 Å². The summed E-state index contributed by atoms with van der Waals surface area (Å²) < 4.78 is 5.26. The zero-order chi connectivity index (χ0) is 8.97. The summed E-state index contributed by atoms with van der Waals surface area (Å²) >= 11 is 0. The van der Waals surface area contributed by atoms with Crippen LogP contribution in [0.3, 0.4) is 0 Å². The first-order chi connectivity index (χ1) is 5.70. The SMILES string of the molecule is C[C@@H]1CCCC[C@H]1OCC(=O)O. The van der Waals surface area contributed by atoms with Crippen molar-refractivity contribution in [2.75, 3.05) is 6.61 Å². The Morgan fingerprint density at radius 3 is 2.75 bits per heavy atom. The molecule has 12 heavy (non-hydrogen) atoms. The predicted octanol–water partition coefficient (Wildman–Crippen LogP) is 1.67. The van der Waals surface area contributed by atoms with E-state index in [1.807, 2.05) is 0 Å². The summed E-state index contributed by atoms with van der Waals surface area (Å²) in [5.74, 6) is -0.342. The highest BCUT2D eigenvalue weighted by molar-refractivity contribution is 5.68. The van der Waals surface area contributed by atoms with Gasteiger partial charge in [0.1, 0.15) is 6.61 Å². The van der Waals surface area contributed by atoms with E-state index in [1.54, 1.807) is 0 Å². The second kappa shape index (κ2) is 4.45. The van der Waals surface area contributed by atoms with E-state index >= 15 is 0 Å². The van der Waals surface area contributed by atoms with Crippen molar-refractivity contribution in [1.29, 1.82) is 0 Å². The monoisotopic (exact) mass is 172 g/mol. The highest BCUT2D eigenvalue weighted by Crippen LogP contribution is 2.25. The molecule has 1 aliphatic carbocycles. The summed E-state index contributed by atoms with van der Waals surface area (Å²) in [7, 11) is 0. The van der Waals surface area contributed by atoms with Gasteiger partial charge in [-0.3, -0.25) is 0 Å². The Kier molecular flexibility index (Phi) is 3.53. The molecule has 1 saturated carbocycles. The van der Waals surface area contributed by atoms with Gasteiger partial charge < -0.3 is 9.84 Å². The van der Waals surface area contributed by atoms with Crippen LogP contribution in [0.1, 0.15) is 32.6 Å². The summed E-state index contributed by atoms with van der Waals surface area (Å²) in [5, 5.41) is 8.41. The van der Waals surface area contributed by atoms with Crippen LogP contribution in [-0.4, -0.2) is 23.8 Å². The average molecular weight is 172 g/mol. The van der Waals surface area contributed by atoms with Crippen molar-refractivity contribution in [3.8, 4) is 0 Å². The van der Waals surface area contributed by atoms with Gasteiger partial charge in [0.15, 0.2) is 0 Å². The van der Waals surface area contributed by atoms with Crippen LogP contribution < -0.4 is 0 Å². The van der Waals surface area contributed by atoms with Gasteiger partial charge in [0.05, 0.1) is 6.10 Å². The van der Waals surface area contributed by atoms with Crippen LogP contribution in [0.5, 0.6) is 0 Å². The van der Waals surface area contributed by atoms with Gasteiger partial charge in [-0.15, -0.1) is 0 Å². The summed E-state index contributed by atoms with van der Waals surface area (Å²) in [6.07, 6.45) is 4.80. The molecule has 0 spiro atoms. The second-order valence-electron chi connectivity index (χ2n) is 3.50. The molecule has 0 heterocycles. The lowest BCUT2D eigenvalue weighted by molar-refractivity contribution is -0.146. The van der Waals surface area contributed by atoms with E-state index in [0.717, 1.165) is 6.42 Å². The number of rotatable bonds is 3. The first-order valence-electron chi connectivity index (χ1n) is 4.53. The molecule has 0 unspecified atom stereocenters. The third kappa shape index (κ3) is 2.81. The Hall–Kier alpha value is -0.570. The fraction of sp³-hybridized carbons (Fsp3) is 0.889. The van der Waals surface area contributed by atoms with E-state index in [0.29, 0.717) is 5.92 Å². The van der Waals surface area contributed by atoms with Gasteiger partial charge in [-0.05, 0) is 18.8 Å². The molecule has 0 saturated heterocycles. The van der Waals surface area contributed by atoms with E-state index in [4.69, 9.17) is 9.84 Å². The maximum absolute atomic E-state index is 10.2. The predicted molar refractivity (Wildman–Crippen MR) is 45.0 cm³/mol. The molecule has 2 atom stereocenters. The van der Waals surface area contributed by atoms with Crippen molar-refractivity contribution in [3.63, 3.8) is 0 Å². The van der Waals surface area contributed by atoms with Crippen molar-refractivity contribution in [2.24, 2.45) is 5.92 Å². The largest absolute Gasteiger partial charge is 0.480 e. The van der Waals surface area contributed by atoms with Gasteiger partial charge in [0, 0.05) is 0 Å². The number of carboxylic acids is 1. The van der Waals surface area contributed by atoms with Crippen LogP contribution in [0.25, 0.3) is 0 Å². The molecule has 1 fully saturated rings. The van der Waals surface area contributed by atoms with Crippen molar-refractivity contribution >= 4 is 5.97 Å². The Morgan fingerprint density at radius 1 is 1.50 bits per heavy atom. The summed E-state index contributed by atoms with van der Waals surface area (Å²) in [6.45, 7) is 1.99.